The van der Waals surface area contributed by atoms with Crippen molar-refractivity contribution in [3.8, 4) is 0 Å². The van der Waals surface area contributed by atoms with Crippen LogP contribution in [0.25, 0.3) is 0 Å². The lowest BCUT2D eigenvalue weighted by molar-refractivity contribution is -0.531. The lowest BCUT2D eigenvalue weighted by Crippen LogP contribution is -2.50. The molecule has 3 aromatic rings. The van der Waals surface area contributed by atoms with Gasteiger partial charge < -0.3 is 5.11 Å². The molecule has 3 aromatic carbocycles. The first-order chi connectivity index (χ1) is 14.5. The number of hydrogen-bond donors (Lipinski definition) is 1. The van der Waals surface area contributed by atoms with Gasteiger partial charge in [-0.1, -0.05) is 91.0 Å². The monoisotopic (exact) mass is 404 g/mol. The van der Waals surface area contributed by atoms with Crippen LogP contribution in [0.1, 0.15) is 23.6 Å². The SMILES string of the molecule is CC([C@@H](O)[C@H](Cc1ccccc1)N(Cc1ccccc1)Cc1ccccc1)[N+](=O)[O-]. The first-order valence-electron chi connectivity index (χ1n) is 10.2. The molecule has 0 amide bonds. The lowest BCUT2D eigenvalue weighted by atomic mass is 9.94. The van der Waals surface area contributed by atoms with Crippen molar-refractivity contribution in [2.45, 2.75) is 44.6 Å². The summed E-state index contributed by atoms with van der Waals surface area (Å²) in [5.41, 5.74) is 3.25. The van der Waals surface area contributed by atoms with Gasteiger partial charge in [-0.3, -0.25) is 15.0 Å². The molecule has 0 saturated heterocycles. The molecule has 0 bridgehead atoms. The van der Waals surface area contributed by atoms with Crippen molar-refractivity contribution in [2.24, 2.45) is 0 Å². The maximum atomic E-state index is 11.5. The third kappa shape index (κ3) is 5.99. The van der Waals surface area contributed by atoms with Crippen LogP contribution >= 0.6 is 0 Å². The Labute approximate surface area is 177 Å². The second-order valence-corrected chi connectivity index (χ2v) is 7.65. The van der Waals surface area contributed by atoms with Crippen LogP contribution in [-0.2, 0) is 19.5 Å². The van der Waals surface area contributed by atoms with Crippen molar-refractivity contribution in [3.63, 3.8) is 0 Å². The summed E-state index contributed by atoms with van der Waals surface area (Å²) in [6.45, 7) is 2.66. The molecule has 0 fully saturated rings. The van der Waals surface area contributed by atoms with Crippen molar-refractivity contribution < 1.29 is 10.0 Å². The van der Waals surface area contributed by atoms with Gasteiger partial charge in [0.2, 0.25) is 6.04 Å². The Morgan fingerprint density at radius 1 is 0.800 bits per heavy atom. The van der Waals surface area contributed by atoms with Crippen molar-refractivity contribution in [2.75, 3.05) is 0 Å². The Balaban J connectivity index is 1.95. The normalized spacial score (nSPS) is 14.2. The minimum Gasteiger partial charge on any atom is -0.384 e. The average Bonchev–Trinajstić information content (AvgIpc) is 2.78. The summed E-state index contributed by atoms with van der Waals surface area (Å²) in [5, 5.41) is 22.5. The van der Waals surface area contributed by atoms with Crippen LogP contribution in [0.4, 0.5) is 0 Å². The molecule has 0 aromatic heterocycles. The van der Waals surface area contributed by atoms with Crippen molar-refractivity contribution in [3.05, 3.63) is 118 Å². The Kier molecular flexibility index (Phi) is 7.71. The zero-order valence-corrected chi connectivity index (χ0v) is 17.2. The van der Waals surface area contributed by atoms with Gasteiger partial charge in [-0.15, -0.1) is 0 Å². The predicted octanol–water partition coefficient (Wildman–Crippen LogP) is 4.33. The Morgan fingerprint density at radius 3 is 1.60 bits per heavy atom. The minimum atomic E-state index is -1.10. The molecule has 0 spiro atoms. The summed E-state index contributed by atoms with van der Waals surface area (Å²) in [4.78, 5) is 13.2. The smallest absolute Gasteiger partial charge is 0.237 e. The highest BCUT2D eigenvalue weighted by Gasteiger charge is 2.36. The summed E-state index contributed by atoms with van der Waals surface area (Å²) in [6, 6.07) is 28.4. The maximum absolute atomic E-state index is 11.5. The van der Waals surface area contributed by atoms with Crippen molar-refractivity contribution >= 4 is 0 Å². The van der Waals surface area contributed by atoms with Crippen LogP contribution in [0.15, 0.2) is 91.0 Å². The fourth-order valence-electron chi connectivity index (χ4n) is 3.69. The highest BCUT2D eigenvalue weighted by Crippen LogP contribution is 2.21. The van der Waals surface area contributed by atoms with E-state index >= 15 is 0 Å². The highest BCUT2D eigenvalue weighted by molar-refractivity contribution is 5.20. The van der Waals surface area contributed by atoms with Gasteiger partial charge in [0.1, 0.15) is 6.10 Å². The van der Waals surface area contributed by atoms with E-state index in [-0.39, 0.29) is 0 Å². The van der Waals surface area contributed by atoms with Crippen LogP contribution < -0.4 is 0 Å². The second-order valence-electron chi connectivity index (χ2n) is 7.65. The van der Waals surface area contributed by atoms with E-state index < -0.39 is 23.1 Å². The van der Waals surface area contributed by atoms with Crippen molar-refractivity contribution in [1.82, 2.24) is 4.90 Å². The first-order valence-corrected chi connectivity index (χ1v) is 10.2. The number of benzene rings is 3. The van der Waals surface area contributed by atoms with E-state index in [0.717, 1.165) is 16.7 Å². The number of hydrogen-bond acceptors (Lipinski definition) is 4. The van der Waals surface area contributed by atoms with Crippen LogP contribution in [0.3, 0.4) is 0 Å². The summed E-state index contributed by atoms with van der Waals surface area (Å²) in [6.07, 6.45) is -0.576. The van der Waals surface area contributed by atoms with Gasteiger partial charge in [0.05, 0.1) is 0 Å². The maximum Gasteiger partial charge on any atom is 0.237 e. The van der Waals surface area contributed by atoms with Gasteiger partial charge in [0.25, 0.3) is 0 Å². The number of aliphatic hydroxyl groups is 1. The zero-order chi connectivity index (χ0) is 21.3. The molecule has 5 heteroatoms. The lowest BCUT2D eigenvalue weighted by Gasteiger charge is -2.35. The summed E-state index contributed by atoms with van der Waals surface area (Å²) in [7, 11) is 0. The molecule has 3 rings (SSSR count). The average molecular weight is 405 g/mol. The number of nitro groups is 1. The summed E-state index contributed by atoms with van der Waals surface area (Å²) < 4.78 is 0. The largest absolute Gasteiger partial charge is 0.384 e. The number of aliphatic hydroxyl groups excluding tert-OH is 1. The van der Waals surface area contributed by atoms with Crippen LogP contribution in [0.2, 0.25) is 0 Å². The number of rotatable bonds is 10. The van der Waals surface area contributed by atoms with E-state index in [1.54, 1.807) is 0 Å². The van der Waals surface area contributed by atoms with E-state index in [2.05, 4.69) is 4.90 Å². The molecule has 5 nitrogen and oxygen atoms in total. The van der Waals surface area contributed by atoms with Gasteiger partial charge in [0, 0.05) is 31.0 Å². The van der Waals surface area contributed by atoms with E-state index in [4.69, 9.17) is 0 Å². The van der Waals surface area contributed by atoms with E-state index in [9.17, 15) is 15.2 Å². The summed E-state index contributed by atoms with van der Waals surface area (Å²) in [5.74, 6) is 0. The highest BCUT2D eigenvalue weighted by atomic mass is 16.6. The topological polar surface area (TPSA) is 66.6 Å². The number of nitrogens with zero attached hydrogens (tertiary/aromatic N) is 2. The first kappa shape index (κ1) is 21.7. The van der Waals surface area contributed by atoms with Gasteiger partial charge in [-0.2, -0.15) is 0 Å². The molecule has 0 saturated carbocycles. The third-order valence-corrected chi connectivity index (χ3v) is 5.43. The van der Waals surface area contributed by atoms with Crippen LogP contribution in [0.5, 0.6) is 0 Å². The Hall–Kier alpha value is -3.02. The molecule has 0 aliphatic carbocycles. The molecule has 0 heterocycles. The molecule has 0 radical (unpaired) electrons. The van der Waals surface area contributed by atoms with Crippen LogP contribution in [-0.4, -0.2) is 33.1 Å². The zero-order valence-electron chi connectivity index (χ0n) is 17.2. The molecule has 3 atom stereocenters. The molecular weight excluding hydrogens is 376 g/mol. The molecule has 1 unspecified atom stereocenters. The standard InChI is InChI=1S/C25H28N2O3/c1-20(27(29)30)25(28)24(17-21-11-5-2-6-12-21)26(18-22-13-7-3-8-14-22)19-23-15-9-4-10-16-23/h2-16,20,24-25,28H,17-19H2,1H3/t20?,24-,25+/m0/s1. The second kappa shape index (κ2) is 10.7. The molecule has 156 valence electrons. The Morgan fingerprint density at radius 2 is 1.20 bits per heavy atom. The van der Waals surface area contributed by atoms with E-state index in [1.807, 2.05) is 91.0 Å². The van der Waals surface area contributed by atoms with E-state index in [1.165, 1.54) is 6.92 Å². The van der Waals surface area contributed by atoms with Crippen LogP contribution in [0, 0.1) is 10.1 Å². The minimum absolute atomic E-state index is 0.397. The molecule has 0 aliphatic heterocycles. The molecule has 1 N–H and O–H groups in total. The molecule has 0 aliphatic rings. The summed E-state index contributed by atoms with van der Waals surface area (Å²) >= 11 is 0. The fourth-order valence-corrected chi connectivity index (χ4v) is 3.69. The third-order valence-electron chi connectivity index (χ3n) is 5.43. The predicted molar refractivity (Wildman–Crippen MR) is 119 cm³/mol. The quantitative estimate of drug-likeness (QED) is 0.404. The molecular formula is C25H28N2O3. The fraction of sp³-hybridized carbons (Fsp3) is 0.280. The van der Waals surface area contributed by atoms with E-state index in [0.29, 0.717) is 19.5 Å². The Bertz CT molecular complexity index is 862. The van der Waals surface area contributed by atoms with Crippen molar-refractivity contribution in [1.29, 1.82) is 0 Å². The van der Waals surface area contributed by atoms with Gasteiger partial charge in [0.15, 0.2) is 0 Å². The van der Waals surface area contributed by atoms with Gasteiger partial charge in [-0.25, -0.2) is 0 Å². The molecule has 30 heavy (non-hydrogen) atoms. The van der Waals surface area contributed by atoms with Gasteiger partial charge in [-0.05, 0) is 23.1 Å². The van der Waals surface area contributed by atoms with Gasteiger partial charge >= 0.3 is 0 Å².